The molecule has 0 saturated carbocycles. The van der Waals surface area contributed by atoms with E-state index in [-0.39, 0.29) is 26.1 Å². The van der Waals surface area contributed by atoms with Crippen LogP contribution in [0.2, 0.25) is 0 Å². The normalized spacial score (nSPS) is 19.6. The molecular formula is C22H47NO7P+. The lowest BCUT2D eigenvalue weighted by Gasteiger charge is -2.24. The van der Waals surface area contributed by atoms with E-state index in [2.05, 4.69) is 0 Å². The van der Waals surface area contributed by atoms with Crippen LogP contribution in [0.15, 0.2) is 0 Å². The Balaban J connectivity index is 3.83. The average Bonchev–Trinajstić information content (AvgIpc) is 2.75. The molecule has 0 saturated heterocycles. The summed E-state index contributed by atoms with van der Waals surface area (Å²) in [6.07, 6.45) is -0.479. The number of phosphoric ester groups is 1. The van der Waals surface area contributed by atoms with Crippen LogP contribution in [-0.4, -0.2) is 74.1 Å². The molecule has 0 radical (unpaired) electrons. The fraction of sp³-hybridized carbons (Fsp3) is 0.955. The highest BCUT2D eigenvalue weighted by atomic mass is 31.2. The Kier molecular flexibility index (Phi) is 11.6. The zero-order valence-corrected chi connectivity index (χ0v) is 20.2. The number of quaternary nitrogens is 1. The Bertz CT molecular complexity index is 734. The molecule has 186 valence electrons. The van der Waals surface area contributed by atoms with Crippen LogP contribution in [0.4, 0.5) is 0 Å². The van der Waals surface area contributed by atoms with E-state index in [1.54, 1.807) is 0 Å². The summed E-state index contributed by atoms with van der Waals surface area (Å²) < 4.78 is 79.3. The van der Waals surface area contributed by atoms with Crippen LogP contribution < -0.4 is 0 Å². The number of aliphatic hydroxyl groups excluding tert-OH is 1. The van der Waals surface area contributed by atoms with Crippen LogP contribution in [0.25, 0.3) is 0 Å². The largest absolute Gasteiger partial charge is 0.472 e. The number of ether oxygens (including phenoxy) is 1. The third-order valence-electron chi connectivity index (χ3n) is 4.40. The van der Waals surface area contributed by atoms with Crippen molar-refractivity contribution in [3.8, 4) is 0 Å². The van der Waals surface area contributed by atoms with Crippen molar-refractivity contribution in [2.75, 3.05) is 47.5 Å². The molecule has 0 rings (SSSR count). The van der Waals surface area contributed by atoms with Gasteiger partial charge in [-0.25, -0.2) is 4.57 Å². The Morgan fingerprint density at radius 1 is 1.00 bits per heavy atom. The summed E-state index contributed by atoms with van der Waals surface area (Å²) in [4.78, 5) is 21.4. The molecule has 0 amide bonds. The maximum Gasteiger partial charge on any atom is 0.472 e. The molecule has 0 aliphatic rings. The van der Waals surface area contributed by atoms with Crippen LogP contribution >= 0.6 is 7.82 Å². The number of likely N-dealkylation sites (N-methyl/N-ethyl adjacent to an activating group) is 1. The highest BCUT2D eigenvalue weighted by Gasteiger charge is 2.24. The highest BCUT2D eigenvalue weighted by Crippen LogP contribution is 2.43. The third-order valence-corrected chi connectivity index (χ3v) is 5.39. The van der Waals surface area contributed by atoms with Crippen molar-refractivity contribution in [3.63, 3.8) is 0 Å². The summed E-state index contributed by atoms with van der Waals surface area (Å²) in [5.74, 6) is -0.485. The van der Waals surface area contributed by atoms with Gasteiger partial charge in [-0.2, -0.15) is 0 Å². The molecule has 2 atom stereocenters. The molecule has 9 heteroatoms. The minimum Gasteiger partial charge on any atom is -0.463 e. The first-order chi connectivity index (χ1) is 17.2. The number of hydrogen-bond donors (Lipinski definition) is 2. The number of nitrogens with zero attached hydrogens (tertiary/aromatic N) is 1. The average molecular weight is 476 g/mol. The van der Waals surface area contributed by atoms with E-state index in [4.69, 9.17) is 23.4 Å². The number of phosphoric acid groups is 1. The van der Waals surface area contributed by atoms with Crippen LogP contribution in [0.5, 0.6) is 0 Å². The lowest BCUT2D eigenvalue weighted by molar-refractivity contribution is -0.870. The van der Waals surface area contributed by atoms with Crippen molar-refractivity contribution < 1.29 is 47.2 Å². The number of unbranched alkanes of at least 4 members (excludes halogenated alkanes) is 7. The molecule has 0 spiro atoms. The molecule has 8 nitrogen and oxygen atoms in total. The van der Waals surface area contributed by atoms with Crippen LogP contribution in [0, 0.1) is 0 Å². The summed E-state index contributed by atoms with van der Waals surface area (Å²) in [6, 6.07) is 0. The molecule has 0 aromatic rings. The van der Waals surface area contributed by atoms with E-state index in [1.165, 1.54) is 0 Å². The lowest BCUT2D eigenvalue weighted by Crippen LogP contribution is -2.37. The van der Waals surface area contributed by atoms with Gasteiger partial charge in [0.05, 0.1) is 27.7 Å². The predicted octanol–water partition coefficient (Wildman–Crippen LogP) is 4.43. The van der Waals surface area contributed by atoms with Gasteiger partial charge in [0.25, 0.3) is 0 Å². The first-order valence-corrected chi connectivity index (χ1v) is 12.5. The van der Waals surface area contributed by atoms with E-state index in [0.29, 0.717) is 30.3 Å². The number of esters is 1. The van der Waals surface area contributed by atoms with Crippen molar-refractivity contribution in [2.45, 2.75) is 89.9 Å². The second kappa shape index (κ2) is 18.0. The van der Waals surface area contributed by atoms with Gasteiger partial charge in [0, 0.05) is 16.0 Å². The van der Waals surface area contributed by atoms with Gasteiger partial charge in [-0.15, -0.1) is 0 Å². The van der Waals surface area contributed by atoms with E-state index < -0.39 is 46.1 Å². The van der Waals surface area contributed by atoms with Crippen LogP contribution in [-0.2, 0) is 23.1 Å². The summed E-state index contributed by atoms with van der Waals surface area (Å²) in [5, 5.41) is 9.81. The van der Waals surface area contributed by atoms with Crippen molar-refractivity contribution >= 4 is 13.8 Å². The zero-order chi connectivity index (χ0) is 29.7. The van der Waals surface area contributed by atoms with Crippen LogP contribution in [0.3, 0.4) is 0 Å². The molecule has 0 heterocycles. The standard InChI is InChI=1S/C22H46NO7P/c1-5-6-7-8-9-10-11-12-13-14-15-16-22(25)28-19-21(24)20-30-31(26,27)29-18-17-23(2,3)4/h21,24H,5-20H2,1-4H3/p+1/t21-/m1/s1/i1D3,5D2,6D2. The van der Waals surface area contributed by atoms with E-state index in [0.717, 1.165) is 32.1 Å². The number of aliphatic hydroxyl groups is 1. The molecule has 1 unspecified atom stereocenters. The summed E-state index contributed by atoms with van der Waals surface area (Å²) in [6.45, 7) is -3.38. The van der Waals surface area contributed by atoms with Gasteiger partial charge in [0.1, 0.15) is 25.9 Å². The lowest BCUT2D eigenvalue weighted by atomic mass is 10.1. The molecule has 0 aliphatic heterocycles. The number of hydrogen-bond acceptors (Lipinski definition) is 6. The fourth-order valence-corrected chi connectivity index (χ4v) is 3.31. The molecule has 2 N–H and O–H groups in total. The number of rotatable bonds is 21. The molecule has 31 heavy (non-hydrogen) atoms. The highest BCUT2D eigenvalue weighted by molar-refractivity contribution is 7.47. The monoisotopic (exact) mass is 475 g/mol. The van der Waals surface area contributed by atoms with Gasteiger partial charge in [-0.1, -0.05) is 71.0 Å². The van der Waals surface area contributed by atoms with Gasteiger partial charge in [0.2, 0.25) is 0 Å². The molecule has 0 aromatic heterocycles. The van der Waals surface area contributed by atoms with Gasteiger partial charge in [-0.05, 0) is 6.42 Å². The maximum atomic E-state index is 11.8. The fourth-order valence-electron chi connectivity index (χ4n) is 2.56. The van der Waals surface area contributed by atoms with Crippen LogP contribution in [0.1, 0.15) is 93.4 Å². The van der Waals surface area contributed by atoms with Gasteiger partial charge in [-0.3, -0.25) is 13.8 Å². The molecular weight excluding hydrogens is 421 g/mol. The first-order valence-electron chi connectivity index (χ1n) is 14.5. The third kappa shape index (κ3) is 22.5. The van der Waals surface area contributed by atoms with Gasteiger partial charge >= 0.3 is 13.8 Å². The van der Waals surface area contributed by atoms with E-state index in [9.17, 15) is 19.4 Å². The second-order valence-electron chi connectivity index (χ2n) is 8.58. The van der Waals surface area contributed by atoms with E-state index >= 15 is 0 Å². The Morgan fingerprint density at radius 2 is 1.58 bits per heavy atom. The SMILES string of the molecule is [2H]C([2H])([2H])C([2H])([2H])C([2H])([2H])CCCCCCCCCCC(=O)OC[C@@H](O)COP(=O)(O)OCC[N+](C)(C)C. The van der Waals surface area contributed by atoms with Crippen molar-refractivity contribution in [1.82, 2.24) is 0 Å². The molecule has 0 aromatic carbocycles. The van der Waals surface area contributed by atoms with Gasteiger partial charge < -0.3 is 19.2 Å². The number of carbonyl (C=O) groups is 1. The molecule has 0 bridgehead atoms. The minimum atomic E-state index is -4.30. The molecule has 0 fully saturated rings. The summed E-state index contributed by atoms with van der Waals surface area (Å²) >= 11 is 0. The first kappa shape index (κ1) is 19.9. The topological polar surface area (TPSA) is 102 Å². The second-order valence-corrected chi connectivity index (χ2v) is 10.0. The van der Waals surface area contributed by atoms with Crippen molar-refractivity contribution in [1.29, 1.82) is 0 Å². The van der Waals surface area contributed by atoms with Gasteiger partial charge in [0.15, 0.2) is 0 Å². The van der Waals surface area contributed by atoms with Crippen molar-refractivity contribution in [2.24, 2.45) is 0 Å². The quantitative estimate of drug-likeness (QED) is 0.110. The zero-order valence-electron chi connectivity index (χ0n) is 26.3. The smallest absolute Gasteiger partial charge is 0.463 e. The predicted molar refractivity (Wildman–Crippen MR) is 123 cm³/mol. The van der Waals surface area contributed by atoms with Crippen molar-refractivity contribution in [3.05, 3.63) is 0 Å². The van der Waals surface area contributed by atoms with E-state index in [1.807, 2.05) is 21.1 Å². The Morgan fingerprint density at radius 3 is 2.16 bits per heavy atom. The Labute approximate surface area is 199 Å². The minimum absolute atomic E-state index is 0.00942. The summed E-state index contributed by atoms with van der Waals surface area (Å²) in [5.41, 5.74) is 0. The molecule has 0 aliphatic carbocycles. The maximum absolute atomic E-state index is 11.8. The summed E-state index contributed by atoms with van der Waals surface area (Å²) in [7, 11) is 1.40. The Hall–Kier alpha value is -0.500. The number of carbonyl (C=O) groups excluding carboxylic acids is 1.